The van der Waals surface area contributed by atoms with Crippen molar-refractivity contribution < 1.29 is 37.2 Å². The van der Waals surface area contributed by atoms with Gasteiger partial charge in [0.25, 0.3) is 10.1 Å². The van der Waals surface area contributed by atoms with Crippen LogP contribution in [0.25, 0.3) is 0 Å². The molecule has 0 saturated heterocycles. The number of ether oxygens (including phenoxy) is 1. The van der Waals surface area contributed by atoms with Crippen LogP contribution in [0.1, 0.15) is 110 Å². The van der Waals surface area contributed by atoms with Crippen LogP contribution in [0, 0.1) is 0 Å². The van der Waals surface area contributed by atoms with E-state index in [0.717, 1.165) is 38.5 Å². The van der Waals surface area contributed by atoms with E-state index in [1.54, 1.807) is 0 Å². The van der Waals surface area contributed by atoms with Gasteiger partial charge in [0, 0.05) is 65.5 Å². The smallest absolute Gasteiger partial charge is 0.327 e. The number of allylic oxidation sites excluding steroid dienone is 2. The van der Waals surface area contributed by atoms with Gasteiger partial charge in [-0.1, -0.05) is 70.4 Å². The van der Waals surface area contributed by atoms with E-state index in [1.807, 2.05) is 0 Å². The van der Waals surface area contributed by atoms with Gasteiger partial charge in [-0.05, 0) is 39.0 Å². The quantitative estimate of drug-likeness (QED) is 0.0586. The number of nitrogens with one attached hydrogen (secondary N) is 1. The molecule has 0 fully saturated rings. The maximum absolute atomic E-state index is 11.9. The first-order chi connectivity index (χ1) is 16.6. The van der Waals surface area contributed by atoms with Gasteiger partial charge in [-0.15, -0.1) is 0 Å². The molecule has 0 aliphatic carbocycles. The first kappa shape index (κ1) is 41.5. The van der Waals surface area contributed by atoms with E-state index in [9.17, 15) is 22.8 Å². The van der Waals surface area contributed by atoms with E-state index in [-0.39, 0.29) is 71.6 Å². The number of carbonyl (C=O) groups is 3. The Morgan fingerprint density at radius 2 is 1.35 bits per heavy atom. The molecule has 2 unspecified atom stereocenters. The molecule has 0 saturated carbocycles. The van der Waals surface area contributed by atoms with Gasteiger partial charge in [-0.25, -0.2) is 0 Å². The zero-order valence-corrected chi connectivity index (χ0v) is 28.2. The summed E-state index contributed by atoms with van der Waals surface area (Å²) in [5.74, 6) is -3.14. The molecule has 0 aromatic heterocycles. The Kier molecular flexibility index (Phi) is 29.5. The zero-order chi connectivity index (χ0) is 26.5. The third-order valence-corrected chi connectivity index (χ3v) is 6.63. The molecule has 206 valence electrons. The molecule has 0 aliphatic heterocycles. The molecule has 0 rings (SSSR count). The third kappa shape index (κ3) is 26.1. The van der Waals surface area contributed by atoms with E-state index in [4.69, 9.17) is 14.4 Å². The van der Waals surface area contributed by atoms with E-state index in [0.29, 0.717) is 6.42 Å². The van der Waals surface area contributed by atoms with Crippen molar-refractivity contribution in [2.75, 3.05) is 6.54 Å². The second kappa shape index (κ2) is 26.3. The van der Waals surface area contributed by atoms with Gasteiger partial charge in [0.1, 0.15) is 6.10 Å². The molecule has 0 bridgehead atoms. The molecule has 0 heterocycles. The van der Waals surface area contributed by atoms with Crippen molar-refractivity contribution in [1.82, 2.24) is 5.32 Å². The minimum atomic E-state index is -4.92. The Morgan fingerprint density at radius 3 is 1.84 bits per heavy atom. The summed E-state index contributed by atoms with van der Waals surface area (Å²) < 4.78 is 36.3. The molecule has 2 radical (unpaired) electrons. The Morgan fingerprint density at radius 1 is 0.865 bits per heavy atom. The van der Waals surface area contributed by atoms with Crippen LogP contribution in [0.5, 0.6) is 0 Å². The average molecular weight is 566 g/mol. The summed E-state index contributed by atoms with van der Waals surface area (Å²) in [6.45, 7) is 3.62. The van der Waals surface area contributed by atoms with Crippen molar-refractivity contribution in [3.8, 4) is 0 Å². The van der Waals surface area contributed by atoms with Crippen molar-refractivity contribution in [2.45, 2.75) is 122 Å². The van der Waals surface area contributed by atoms with Gasteiger partial charge in [-0.3, -0.25) is 18.9 Å². The van der Waals surface area contributed by atoms with E-state index < -0.39 is 39.8 Å². The largest absolute Gasteiger partial charge is 0.481 e. The fourth-order valence-electron chi connectivity index (χ4n) is 3.49. The predicted molar refractivity (Wildman–Crippen MR) is 147 cm³/mol. The van der Waals surface area contributed by atoms with Crippen LogP contribution >= 0.6 is 0 Å². The van der Waals surface area contributed by atoms with E-state index in [1.165, 1.54) is 51.9 Å². The first-order valence-electron chi connectivity index (χ1n) is 12.9. The van der Waals surface area contributed by atoms with Crippen molar-refractivity contribution in [3.05, 3.63) is 12.2 Å². The van der Waals surface area contributed by atoms with Crippen LogP contribution in [0.4, 0.5) is 0 Å². The molecule has 12 heteroatoms. The van der Waals surface area contributed by atoms with Crippen LogP contribution in [0.2, 0.25) is 0 Å². The van der Waals surface area contributed by atoms with Gasteiger partial charge in [0.15, 0.2) is 5.25 Å². The van der Waals surface area contributed by atoms with Crippen LogP contribution in [-0.4, -0.2) is 113 Å². The van der Waals surface area contributed by atoms with Crippen LogP contribution in [-0.2, 0) is 29.2 Å². The molecule has 0 spiro atoms. The van der Waals surface area contributed by atoms with E-state index >= 15 is 0 Å². The minimum Gasteiger partial charge on any atom is -0.481 e. The summed E-state index contributed by atoms with van der Waals surface area (Å²) in [6.07, 6.45) is 18.1. The normalized spacial score (nSPS) is 12.7. The van der Waals surface area contributed by atoms with Crippen molar-refractivity contribution >= 4 is 87.1 Å². The number of hydrogen-bond donors (Lipinski definition) is 3. The van der Waals surface area contributed by atoms with Crippen molar-refractivity contribution in [3.63, 3.8) is 0 Å². The maximum Gasteiger partial charge on any atom is 0.327 e. The Bertz CT molecular complexity index is 747. The summed E-state index contributed by atoms with van der Waals surface area (Å²) >= 11 is 0. The molecule has 3 N–H and O–H groups in total. The minimum absolute atomic E-state index is 0. The number of aliphatic carboxylic acids is 1. The molecule has 1 amide bonds. The molecule has 2 atom stereocenters. The summed E-state index contributed by atoms with van der Waals surface area (Å²) in [4.78, 5) is 34.5. The molecule has 0 aliphatic rings. The molecule has 37 heavy (non-hydrogen) atoms. The number of carbonyl (C=O) groups excluding carboxylic acids is 2. The Balaban J connectivity index is -0.00000578. The third-order valence-electron chi connectivity index (χ3n) is 5.55. The number of hydrogen-bond acceptors (Lipinski definition) is 6. The zero-order valence-electron chi connectivity index (χ0n) is 23.4. The Hall–Kier alpha value is 0.0600. The standard InChI is InChI=1S/C25H45NO8S.2Na/c1-3-4-5-6-7-8-9-10-11-12-13-14-15-16-17-18-23(27)26-20-21(2)34-25(30)22(19-24(28)29)35(31,32)33;;/h10-11,21-22H,3-9,12-20H2,1-2H3,(H,26,27)(H,28,29)(H,31,32,33);;. The van der Waals surface area contributed by atoms with Gasteiger partial charge in [-0.2, -0.15) is 8.42 Å². The molecule has 0 aromatic carbocycles. The average Bonchev–Trinajstić information content (AvgIpc) is 2.77. The molecule has 0 aromatic rings. The fraction of sp³-hybridized carbons (Fsp3) is 0.800. The van der Waals surface area contributed by atoms with Crippen molar-refractivity contribution in [1.29, 1.82) is 0 Å². The number of rotatable bonds is 22. The van der Waals surface area contributed by atoms with E-state index in [2.05, 4.69) is 24.4 Å². The number of esters is 1. The van der Waals surface area contributed by atoms with Crippen LogP contribution in [0.3, 0.4) is 0 Å². The summed E-state index contributed by atoms with van der Waals surface area (Å²) in [6, 6.07) is 0. The second-order valence-corrected chi connectivity index (χ2v) is 10.6. The van der Waals surface area contributed by atoms with Gasteiger partial charge in [0.05, 0.1) is 13.0 Å². The number of amides is 1. The van der Waals surface area contributed by atoms with Crippen molar-refractivity contribution in [2.24, 2.45) is 0 Å². The fourth-order valence-corrected chi connectivity index (χ4v) is 4.14. The van der Waals surface area contributed by atoms with Gasteiger partial charge in [0.2, 0.25) is 5.91 Å². The predicted octanol–water partition coefficient (Wildman–Crippen LogP) is 4.04. The molecule has 9 nitrogen and oxygen atoms in total. The maximum atomic E-state index is 11.9. The Labute approximate surface area is 267 Å². The summed E-state index contributed by atoms with van der Waals surface area (Å²) in [5, 5.41) is 9.10. The molecular formula is C25H45NNa2O8S. The monoisotopic (exact) mass is 565 g/mol. The summed E-state index contributed by atoms with van der Waals surface area (Å²) in [5.41, 5.74) is 0. The molecular weight excluding hydrogens is 520 g/mol. The van der Waals surface area contributed by atoms with Crippen LogP contribution < -0.4 is 5.32 Å². The van der Waals surface area contributed by atoms with Crippen LogP contribution in [0.15, 0.2) is 12.2 Å². The SMILES string of the molecule is CCCCCCCCC=CCCCCCCCC(=O)NCC(C)OC(=O)C(CC(=O)O)S(=O)(=O)O.[Na].[Na]. The topological polar surface area (TPSA) is 147 Å². The second-order valence-electron chi connectivity index (χ2n) is 8.99. The van der Waals surface area contributed by atoms with Gasteiger partial charge < -0.3 is 15.2 Å². The first-order valence-corrected chi connectivity index (χ1v) is 14.4. The summed E-state index contributed by atoms with van der Waals surface area (Å²) in [7, 11) is -4.92. The van der Waals surface area contributed by atoms with Gasteiger partial charge >= 0.3 is 11.9 Å². The number of unbranched alkanes of at least 4 members (excludes halogenated alkanes) is 11. The number of carboxylic acids is 1. The number of carboxylic acid groups (broad SMARTS) is 1.